The topological polar surface area (TPSA) is 59.0 Å². The predicted octanol–water partition coefficient (Wildman–Crippen LogP) is 6.09. The largest absolute Gasteiger partial charge is 0.349 e. The third-order valence-electron chi connectivity index (χ3n) is 8.00. The van der Waals surface area contributed by atoms with Crippen LogP contribution in [0.2, 0.25) is 5.02 Å². The van der Waals surface area contributed by atoms with Crippen LogP contribution in [-0.4, -0.2) is 34.8 Å². The van der Waals surface area contributed by atoms with Crippen LogP contribution < -0.4 is 10.6 Å². The predicted molar refractivity (Wildman–Crippen MR) is 140 cm³/mol. The van der Waals surface area contributed by atoms with E-state index in [0.29, 0.717) is 23.3 Å². The molecule has 5 nitrogen and oxygen atoms in total. The number of amides is 1. The molecule has 0 aliphatic heterocycles. The summed E-state index contributed by atoms with van der Waals surface area (Å²) in [6.45, 7) is 11.1. The molecule has 0 saturated heterocycles. The molecule has 2 aliphatic carbocycles. The number of hydrogen-bond donors (Lipinski definition) is 2. The van der Waals surface area contributed by atoms with E-state index in [4.69, 9.17) is 16.7 Å². The average Bonchev–Trinajstić information content (AvgIpc) is 3.13. The molecule has 4 rings (SSSR count). The first-order chi connectivity index (χ1) is 16.4. The van der Waals surface area contributed by atoms with Gasteiger partial charge in [-0.25, -0.2) is 0 Å². The van der Waals surface area contributed by atoms with E-state index in [2.05, 4.69) is 31.4 Å². The number of nitrogens with one attached hydrogen (secondary N) is 2. The number of halogens is 1. The highest BCUT2D eigenvalue weighted by Gasteiger charge is 2.40. The van der Waals surface area contributed by atoms with Crippen LogP contribution in [0.5, 0.6) is 0 Å². The van der Waals surface area contributed by atoms with Gasteiger partial charge in [0, 0.05) is 41.8 Å². The molecule has 6 heteroatoms. The van der Waals surface area contributed by atoms with Gasteiger partial charge in [-0.1, -0.05) is 50.9 Å². The maximum absolute atomic E-state index is 13.1. The summed E-state index contributed by atoms with van der Waals surface area (Å²) in [5.41, 5.74) is 3.47. The van der Waals surface area contributed by atoms with E-state index in [1.807, 2.05) is 35.9 Å². The van der Waals surface area contributed by atoms with Crippen LogP contribution in [-0.2, 0) is 6.54 Å². The molecule has 186 valence electrons. The number of rotatable bonds is 9. The lowest BCUT2D eigenvalue weighted by Gasteiger charge is -2.47. The lowest BCUT2D eigenvalue weighted by Crippen LogP contribution is -2.51. The zero-order valence-electron chi connectivity index (χ0n) is 21.2. The maximum Gasteiger partial charge on any atom is 0.272 e. The zero-order chi connectivity index (χ0) is 24.2. The highest BCUT2D eigenvalue weighted by Crippen LogP contribution is 2.45. The van der Waals surface area contributed by atoms with Gasteiger partial charge in [0.25, 0.3) is 5.91 Å². The first kappa shape index (κ1) is 25.2. The number of nitrogens with zero attached hydrogens (tertiary/aromatic N) is 2. The zero-order valence-corrected chi connectivity index (χ0v) is 22.0. The molecule has 0 spiro atoms. The van der Waals surface area contributed by atoms with E-state index >= 15 is 0 Å². The van der Waals surface area contributed by atoms with Crippen LogP contribution >= 0.6 is 11.6 Å². The number of fused-ring (bicyclic) bond motifs is 2. The molecule has 5 unspecified atom stereocenters. The van der Waals surface area contributed by atoms with E-state index in [-0.39, 0.29) is 5.91 Å². The van der Waals surface area contributed by atoms with Crippen molar-refractivity contribution in [2.75, 3.05) is 13.1 Å². The molecule has 2 N–H and O–H groups in total. The van der Waals surface area contributed by atoms with Gasteiger partial charge in [-0.05, 0) is 74.8 Å². The Morgan fingerprint density at radius 2 is 1.88 bits per heavy atom. The molecule has 1 amide bonds. The van der Waals surface area contributed by atoms with Gasteiger partial charge in [0.15, 0.2) is 5.69 Å². The minimum absolute atomic E-state index is 0.0913. The Hall–Kier alpha value is -1.85. The summed E-state index contributed by atoms with van der Waals surface area (Å²) in [7, 11) is 0. The van der Waals surface area contributed by atoms with Crippen molar-refractivity contribution in [3.8, 4) is 11.3 Å². The highest BCUT2D eigenvalue weighted by molar-refractivity contribution is 6.30. The van der Waals surface area contributed by atoms with Crippen LogP contribution in [0.3, 0.4) is 0 Å². The summed E-state index contributed by atoms with van der Waals surface area (Å²) in [4.78, 5) is 13.1. The third-order valence-corrected chi connectivity index (χ3v) is 8.25. The number of carbonyl (C=O) groups is 1. The quantitative estimate of drug-likeness (QED) is 0.423. The van der Waals surface area contributed by atoms with Crippen LogP contribution in [0.1, 0.15) is 75.3 Å². The molecular formula is C28H41ClN4O. The Morgan fingerprint density at radius 1 is 1.12 bits per heavy atom. The second kappa shape index (κ2) is 11.3. The fourth-order valence-electron chi connectivity index (χ4n) is 6.61. The Bertz CT molecular complexity index is 968. The summed E-state index contributed by atoms with van der Waals surface area (Å²) in [6, 6.07) is 8.34. The Labute approximate surface area is 210 Å². The van der Waals surface area contributed by atoms with Crippen molar-refractivity contribution in [1.82, 2.24) is 20.4 Å². The number of benzene rings is 1. The van der Waals surface area contributed by atoms with Gasteiger partial charge in [-0.2, -0.15) is 5.10 Å². The molecule has 2 fully saturated rings. The van der Waals surface area contributed by atoms with Gasteiger partial charge < -0.3 is 10.6 Å². The molecule has 5 atom stereocenters. The van der Waals surface area contributed by atoms with Crippen LogP contribution in [0.4, 0.5) is 0 Å². The number of hydrogen-bond acceptors (Lipinski definition) is 3. The number of carbonyl (C=O) groups excluding carboxylic acids is 1. The highest BCUT2D eigenvalue weighted by atomic mass is 35.5. The maximum atomic E-state index is 13.1. The van der Waals surface area contributed by atoms with Crippen LogP contribution in [0.15, 0.2) is 24.3 Å². The summed E-state index contributed by atoms with van der Waals surface area (Å²) >= 11 is 6.08. The molecular weight excluding hydrogens is 444 g/mol. The standard InChI is InChI=1S/C28H41ClN4O/c1-5-13-33-27(22-7-9-24(29)10-8-22)19(4)25(32-33)28(34)31-12-11-30-26-21(6-2)16-20-14-18(3)15-23(26)17-20/h7-10,18,20-21,23,26,30H,5-6,11-17H2,1-4H3,(H,31,34). The molecule has 0 radical (unpaired) electrons. The molecule has 2 aliphatic rings. The summed E-state index contributed by atoms with van der Waals surface area (Å²) in [5, 5.41) is 12.4. The Kier molecular flexibility index (Phi) is 8.36. The molecule has 2 saturated carbocycles. The molecule has 1 aromatic carbocycles. The van der Waals surface area contributed by atoms with Gasteiger partial charge in [0.05, 0.1) is 5.69 Å². The lowest BCUT2D eigenvalue weighted by atomic mass is 9.62. The van der Waals surface area contributed by atoms with E-state index in [1.54, 1.807) is 0 Å². The lowest BCUT2D eigenvalue weighted by molar-refractivity contribution is 0.0612. The van der Waals surface area contributed by atoms with Crippen molar-refractivity contribution in [1.29, 1.82) is 0 Å². The average molecular weight is 485 g/mol. The molecule has 1 aromatic heterocycles. The van der Waals surface area contributed by atoms with Crippen molar-refractivity contribution in [2.24, 2.45) is 23.7 Å². The van der Waals surface area contributed by atoms with Gasteiger partial charge >= 0.3 is 0 Å². The van der Waals surface area contributed by atoms with E-state index in [1.165, 1.54) is 32.1 Å². The van der Waals surface area contributed by atoms with E-state index in [0.717, 1.165) is 60.0 Å². The summed E-state index contributed by atoms with van der Waals surface area (Å²) in [5.74, 6) is 3.23. The van der Waals surface area contributed by atoms with Crippen molar-refractivity contribution < 1.29 is 4.79 Å². The summed E-state index contributed by atoms with van der Waals surface area (Å²) in [6.07, 6.45) is 7.70. The first-order valence-electron chi connectivity index (χ1n) is 13.3. The van der Waals surface area contributed by atoms with Crippen LogP contribution in [0.25, 0.3) is 11.3 Å². The monoisotopic (exact) mass is 484 g/mol. The van der Waals surface area contributed by atoms with Gasteiger partial charge in [-0.15, -0.1) is 0 Å². The normalized spacial score (nSPS) is 26.4. The van der Waals surface area contributed by atoms with Crippen molar-refractivity contribution in [3.63, 3.8) is 0 Å². The van der Waals surface area contributed by atoms with Crippen molar-refractivity contribution in [2.45, 2.75) is 78.8 Å². The van der Waals surface area contributed by atoms with Gasteiger partial charge in [0.2, 0.25) is 0 Å². The van der Waals surface area contributed by atoms with E-state index in [9.17, 15) is 4.79 Å². The van der Waals surface area contributed by atoms with E-state index < -0.39 is 0 Å². The Balaban J connectivity index is 1.38. The second-order valence-corrected chi connectivity index (χ2v) is 11.1. The first-order valence-corrected chi connectivity index (χ1v) is 13.6. The molecule has 2 aromatic rings. The number of aryl methyl sites for hydroxylation is 1. The van der Waals surface area contributed by atoms with Gasteiger partial charge in [0.1, 0.15) is 0 Å². The molecule has 1 heterocycles. The van der Waals surface area contributed by atoms with Crippen LogP contribution in [0, 0.1) is 30.6 Å². The summed E-state index contributed by atoms with van der Waals surface area (Å²) < 4.78 is 1.96. The van der Waals surface area contributed by atoms with Crippen molar-refractivity contribution >= 4 is 17.5 Å². The smallest absolute Gasteiger partial charge is 0.272 e. The molecule has 34 heavy (non-hydrogen) atoms. The van der Waals surface area contributed by atoms with Crippen molar-refractivity contribution in [3.05, 3.63) is 40.5 Å². The third kappa shape index (κ3) is 5.52. The Morgan fingerprint density at radius 3 is 2.59 bits per heavy atom. The number of aromatic nitrogens is 2. The second-order valence-electron chi connectivity index (χ2n) is 10.6. The minimum Gasteiger partial charge on any atom is -0.349 e. The van der Waals surface area contributed by atoms with Gasteiger partial charge in [-0.3, -0.25) is 9.48 Å². The fraction of sp³-hybridized carbons (Fsp3) is 0.643. The SMILES string of the molecule is CCCn1nc(C(=O)NCCNC2C(CC)CC3CC(C)CC2C3)c(C)c1-c1ccc(Cl)cc1. The minimum atomic E-state index is -0.0913. The molecule has 2 bridgehead atoms. The fourth-order valence-corrected chi connectivity index (χ4v) is 6.74.